The van der Waals surface area contributed by atoms with Crippen LogP contribution in [0.4, 0.5) is 0 Å². The number of benzene rings is 1. The molecule has 0 aliphatic heterocycles. The topological polar surface area (TPSA) is 80.4 Å². The van der Waals surface area contributed by atoms with Gasteiger partial charge in [0.25, 0.3) is 0 Å². The zero-order chi connectivity index (χ0) is 13.7. The molecule has 19 heavy (non-hydrogen) atoms. The van der Waals surface area contributed by atoms with E-state index in [9.17, 15) is 4.79 Å². The van der Waals surface area contributed by atoms with Crippen LogP contribution in [-0.4, -0.2) is 10.8 Å². The van der Waals surface area contributed by atoms with E-state index in [1.807, 2.05) is 18.2 Å². The fourth-order valence-electron chi connectivity index (χ4n) is 1.98. The van der Waals surface area contributed by atoms with Crippen molar-refractivity contribution in [2.75, 3.05) is 0 Å². The number of nitriles is 2. The maximum absolute atomic E-state index is 12.4. The van der Waals surface area contributed by atoms with Crippen molar-refractivity contribution in [1.82, 2.24) is 4.98 Å². The van der Waals surface area contributed by atoms with E-state index in [0.717, 1.165) is 0 Å². The number of nitrogens with one attached hydrogen (secondary N) is 1. The van der Waals surface area contributed by atoms with Gasteiger partial charge in [-0.05, 0) is 17.7 Å². The Morgan fingerprint density at radius 2 is 1.74 bits per heavy atom. The average molecular weight is 249 g/mol. The lowest BCUT2D eigenvalue weighted by Crippen LogP contribution is -2.20. The Morgan fingerprint density at radius 1 is 1.05 bits per heavy atom. The highest BCUT2D eigenvalue weighted by atomic mass is 16.1. The molecule has 2 aromatic rings. The predicted molar refractivity (Wildman–Crippen MR) is 69.0 cm³/mol. The molecule has 0 fully saturated rings. The highest BCUT2D eigenvalue weighted by Crippen LogP contribution is 2.27. The second-order valence-corrected chi connectivity index (χ2v) is 4.07. The van der Waals surface area contributed by atoms with Gasteiger partial charge in [0.1, 0.15) is 5.92 Å². The molecule has 92 valence electrons. The minimum absolute atomic E-state index is 0.246. The molecule has 0 saturated heterocycles. The van der Waals surface area contributed by atoms with Gasteiger partial charge in [0.05, 0.1) is 23.8 Å². The van der Waals surface area contributed by atoms with Crippen molar-refractivity contribution in [2.45, 2.75) is 5.92 Å². The van der Waals surface area contributed by atoms with Crippen LogP contribution in [0.1, 0.15) is 22.0 Å². The maximum atomic E-state index is 12.4. The van der Waals surface area contributed by atoms with Gasteiger partial charge in [0, 0.05) is 6.20 Å². The number of Topliss-reactive ketones (excluding diaryl/α,β-unsaturated/α-hetero) is 1. The van der Waals surface area contributed by atoms with Gasteiger partial charge in [0.15, 0.2) is 5.78 Å². The van der Waals surface area contributed by atoms with Gasteiger partial charge in [-0.2, -0.15) is 10.5 Å². The summed E-state index contributed by atoms with van der Waals surface area (Å²) >= 11 is 0. The third kappa shape index (κ3) is 2.53. The molecule has 0 aliphatic rings. The molecule has 0 amide bonds. The zero-order valence-corrected chi connectivity index (χ0v) is 10.1. The Labute approximate surface area is 110 Å². The number of rotatable bonds is 4. The summed E-state index contributed by atoms with van der Waals surface area (Å²) < 4.78 is 0. The highest BCUT2D eigenvalue weighted by molar-refractivity contribution is 6.00. The summed E-state index contributed by atoms with van der Waals surface area (Å²) in [6.45, 7) is 0. The van der Waals surface area contributed by atoms with E-state index in [4.69, 9.17) is 10.5 Å². The first-order chi connectivity index (χ1) is 9.27. The molecular weight excluding hydrogens is 238 g/mol. The number of carbonyl (C=O) groups is 1. The molecule has 0 bridgehead atoms. The summed E-state index contributed by atoms with van der Waals surface area (Å²) in [5.74, 6) is -2.02. The largest absolute Gasteiger partial charge is 0.359 e. The number of hydrogen-bond acceptors (Lipinski definition) is 3. The maximum Gasteiger partial charge on any atom is 0.188 e. The predicted octanol–water partition coefficient (Wildman–Crippen LogP) is 2.64. The number of nitrogens with zero attached hydrogens (tertiary/aromatic N) is 2. The van der Waals surface area contributed by atoms with Crippen LogP contribution in [-0.2, 0) is 0 Å². The van der Waals surface area contributed by atoms with Gasteiger partial charge < -0.3 is 4.98 Å². The minimum Gasteiger partial charge on any atom is -0.359 e. The summed E-state index contributed by atoms with van der Waals surface area (Å²) in [5, 5.41) is 18.1. The molecule has 0 spiro atoms. The van der Waals surface area contributed by atoms with Gasteiger partial charge in [0.2, 0.25) is 0 Å². The summed E-state index contributed by atoms with van der Waals surface area (Å²) in [4.78, 5) is 15.3. The molecule has 2 rings (SSSR count). The Kier molecular flexibility index (Phi) is 3.75. The normalized spacial score (nSPS) is 11.5. The number of carbonyl (C=O) groups excluding carboxylic acids is 1. The number of aromatic nitrogens is 1. The Hall–Kier alpha value is -2.85. The van der Waals surface area contributed by atoms with Gasteiger partial charge in [-0.1, -0.05) is 30.3 Å². The molecule has 0 aliphatic carbocycles. The molecule has 1 N–H and O–H groups in total. The molecule has 0 radical (unpaired) electrons. The van der Waals surface area contributed by atoms with Crippen molar-refractivity contribution in [3.8, 4) is 12.1 Å². The zero-order valence-electron chi connectivity index (χ0n) is 10.1. The van der Waals surface area contributed by atoms with Crippen molar-refractivity contribution >= 4 is 5.78 Å². The fraction of sp³-hybridized carbons (Fsp3) is 0.133. The Morgan fingerprint density at radius 3 is 2.26 bits per heavy atom. The molecule has 1 unspecified atom stereocenters. The summed E-state index contributed by atoms with van der Waals surface area (Å²) in [7, 11) is 0. The van der Waals surface area contributed by atoms with Crippen molar-refractivity contribution < 1.29 is 4.79 Å². The lowest BCUT2D eigenvalue weighted by Gasteiger charge is -2.15. The van der Waals surface area contributed by atoms with E-state index in [1.54, 1.807) is 42.6 Å². The van der Waals surface area contributed by atoms with Gasteiger partial charge in [-0.15, -0.1) is 0 Å². The van der Waals surface area contributed by atoms with Crippen molar-refractivity contribution in [1.29, 1.82) is 10.5 Å². The van der Waals surface area contributed by atoms with Crippen LogP contribution >= 0.6 is 0 Å². The molecule has 1 heterocycles. The molecule has 1 atom stereocenters. The molecule has 1 aromatic heterocycles. The molecule has 4 heteroatoms. The van der Waals surface area contributed by atoms with E-state index in [2.05, 4.69) is 4.98 Å². The van der Waals surface area contributed by atoms with E-state index in [1.165, 1.54) is 0 Å². The molecule has 1 aromatic carbocycles. The highest BCUT2D eigenvalue weighted by Gasteiger charge is 2.31. The average Bonchev–Trinajstić information content (AvgIpc) is 2.99. The first kappa shape index (κ1) is 12.6. The molecule has 4 nitrogen and oxygen atoms in total. The van der Waals surface area contributed by atoms with Crippen LogP contribution in [0.25, 0.3) is 0 Å². The van der Waals surface area contributed by atoms with Crippen molar-refractivity contribution in [3.63, 3.8) is 0 Å². The number of hydrogen-bond donors (Lipinski definition) is 1. The van der Waals surface area contributed by atoms with Crippen LogP contribution in [0, 0.1) is 28.6 Å². The van der Waals surface area contributed by atoms with Crippen LogP contribution < -0.4 is 0 Å². The monoisotopic (exact) mass is 249 g/mol. The van der Waals surface area contributed by atoms with Crippen molar-refractivity contribution in [2.24, 2.45) is 5.92 Å². The Bertz CT molecular complexity index is 618. The van der Waals surface area contributed by atoms with Gasteiger partial charge in [-0.25, -0.2) is 0 Å². The van der Waals surface area contributed by atoms with Crippen LogP contribution in [0.2, 0.25) is 0 Å². The van der Waals surface area contributed by atoms with E-state index >= 15 is 0 Å². The summed E-state index contributed by atoms with van der Waals surface area (Å²) in [6.07, 6.45) is 1.64. The Balaban J connectivity index is 2.45. The van der Waals surface area contributed by atoms with Gasteiger partial charge >= 0.3 is 0 Å². The lowest BCUT2D eigenvalue weighted by atomic mass is 9.83. The molecular formula is C15H11N3O. The number of H-pyrrole nitrogens is 1. The third-order valence-corrected chi connectivity index (χ3v) is 2.92. The fourth-order valence-corrected chi connectivity index (χ4v) is 1.98. The second kappa shape index (κ2) is 5.66. The summed E-state index contributed by atoms with van der Waals surface area (Å²) in [6, 6.07) is 16.1. The quantitative estimate of drug-likeness (QED) is 0.846. The lowest BCUT2D eigenvalue weighted by molar-refractivity contribution is 0.0946. The minimum atomic E-state index is -1.00. The van der Waals surface area contributed by atoms with E-state index < -0.39 is 11.8 Å². The van der Waals surface area contributed by atoms with Crippen molar-refractivity contribution in [3.05, 3.63) is 59.9 Å². The number of aromatic amines is 1. The SMILES string of the molecule is N#CC(C#N)C(C(=O)c1ccc[nH]1)c1ccccc1. The van der Waals surface area contributed by atoms with Gasteiger partial charge in [-0.3, -0.25) is 4.79 Å². The number of ketones is 1. The molecule has 0 saturated carbocycles. The van der Waals surface area contributed by atoms with Crippen LogP contribution in [0.5, 0.6) is 0 Å². The van der Waals surface area contributed by atoms with Crippen LogP contribution in [0.15, 0.2) is 48.7 Å². The standard InChI is InChI=1S/C15H11N3O/c16-9-12(10-17)14(11-5-2-1-3-6-11)15(19)13-7-4-8-18-13/h1-8,12,14,18H. The van der Waals surface area contributed by atoms with E-state index in [-0.39, 0.29) is 5.78 Å². The second-order valence-electron chi connectivity index (χ2n) is 4.07. The first-order valence-electron chi connectivity index (χ1n) is 5.79. The van der Waals surface area contributed by atoms with E-state index in [0.29, 0.717) is 11.3 Å². The smallest absolute Gasteiger partial charge is 0.188 e. The van der Waals surface area contributed by atoms with Crippen LogP contribution in [0.3, 0.4) is 0 Å². The third-order valence-electron chi connectivity index (χ3n) is 2.92. The first-order valence-corrected chi connectivity index (χ1v) is 5.79. The summed E-state index contributed by atoms with van der Waals surface area (Å²) in [5.41, 5.74) is 1.08.